The number of nitrogens with zero attached hydrogens (tertiary/aromatic N) is 2. The molecular formula is C16H24N4O4S2. The van der Waals surface area contributed by atoms with Crippen LogP contribution < -0.4 is 10.9 Å². The fraction of sp³-hybridized carbons (Fsp3) is 0.625. The monoisotopic (exact) mass is 400 g/mol. The summed E-state index contributed by atoms with van der Waals surface area (Å²) < 4.78 is 22.8. The van der Waals surface area contributed by atoms with Gasteiger partial charge in [-0.25, -0.2) is 18.4 Å². The lowest BCUT2D eigenvalue weighted by atomic mass is 10.1. The third kappa shape index (κ3) is 5.94. The Morgan fingerprint density at radius 1 is 1.15 bits per heavy atom. The topological polar surface area (TPSA) is 118 Å². The van der Waals surface area contributed by atoms with Gasteiger partial charge in [-0.2, -0.15) is 0 Å². The van der Waals surface area contributed by atoms with Crippen molar-refractivity contribution in [3.05, 3.63) is 17.0 Å². The number of amides is 2. The van der Waals surface area contributed by atoms with Gasteiger partial charge in [-0.05, 0) is 44.4 Å². The van der Waals surface area contributed by atoms with Crippen LogP contribution in [0.5, 0.6) is 0 Å². The van der Waals surface area contributed by atoms with E-state index >= 15 is 0 Å². The lowest BCUT2D eigenvalue weighted by Crippen LogP contribution is -2.42. The summed E-state index contributed by atoms with van der Waals surface area (Å²) in [5.41, 5.74) is 7.36. The second-order valence-corrected chi connectivity index (χ2v) is 9.43. The molecule has 1 saturated heterocycles. The highest BCUT2D eigenvalue weighted by atomic mass is 32.2. The molecule has 2 N–H and O–H groups in total. The molecule has 1 aliphatic heterocycles. The number of aryl methyl sites for hydroxylation is 2. The van der Waals surface area contributed by atoms with Gasteiger partial charge in [0.05, 0.1) is 11.5 Å². The van der Waals surface area contributed by atoms with Crippen molar-refractivity contribution in [2.45, 2.75) is 44.7 Å². The highest BCUT2D eigenvalue weighted by molar-refractivity contribution is 7.98. The molecule has 0 unspecified atom stereocenters. The lowest BCUT2D eigenvalue weighted by Gasteiger charge is -2.11. The number of thioether (sulfide) groups is 1. The average molecular weight is 401 g/mol. The third-order valence-corrected chi connectivity index (χ3v) is 6.71. The van der Waals surface area contributed by atoms with E-state index in [9.17, 15) is 18.0 Å². The van der Waals surface area contributed by atoms with E-state index in [4.69, 9.17) is 0 Å². The first-order valence-corrected chi connectivity index (χ1v) is 11.4. The number of hydrazine groups is 1. The van der Waals surface area contributed by atoms with Crippen LogP contribution in [0.15, 0.2) is 5.16 Å². The van der Waals surface area contributed by atoms with Crippen LogP contribution in [0.1, 0.15) is 36.2 Å². The number of nitrogens with one attached hydrogen (secondary N) is 2. The minimum absolute atomic E-state index is 0.0406. The summed E-state index contributed by atoms with van der Waals surface area (Å²) in [5.74, 6) is -0.688. The van der Waals surface area contributed by atoms with Crippen molar-refractivity contribution in [3.8, 4) is 0 Å². The van der Waals surface area contributed by atoms with Gasteiger partial charge in [0, 0.05) is 24.2 Å². The predicted molar refractivity (Wildman–Crippen MR) is 99.3 cm³/mol. The Balaban J connectivity index is 1.76. The number of aromatic nitrogens is 2. The first-order valence-electron chi connectivity index (χ1n) is 8.36. The van der Waals surface area contributed by atoms with Gasteiger partial charge in [0.15, 0.2) is 15.0 Å². The number of carbonyl (C=O) groups is 2. The van der Waals surface area contributed by atoms with Crippen LogP contribution in [-0.4, -0.2) is 48.0 Å². The fourth-order valence-corrected chi connectivity index (χ4v) is 5.27. The largest absolute Gasteiger partial charge is 0.273 e. The summed E-state index contributed by atoms with van der Waals surface area (Å²) in [6.07, 6.45) is 3.18. The average Bonchev–Trinajstić information content (AvgIpc) is 2.90. The van der Waals surface area contributed by atoms with E-state index in [1.165, 1.54) is 11.8 Å². The Bertz CT molecular complexity index is 772. The minimum atomic E-state index is -3.01. The molecule has 0 radical (unpaired) electrons. The van der Waals surface area contributed by atoms with E-state index in [-0.39, 0.29) is 42.1 Å². The van der Waals surface area contributed by atoms with Gasteiger partial charge in [-0.1, -0.05) is 11.8 Å². The standard InChI is InChI=1S/C16H24N4O4S2/c1-10-13(11(2)18-16(17-10)25-3)4-5-14(21)19-20-15(22)8-12-6-7-26(23,24)9-12/h12H,4-9H2,1-3H3,(H,19,21)(H,20,22)/t12-/m1/s1. The summed E-state index contributed by atoms with van der Waals surface area (Å²) in [4.78, 5) is 32.5. The molecule has 26 heavy (non-hydrogen) atoms. The van der Waals surface area contributed by atoms with Crippen LogP contribution in [0.3, 0.4) is 0 Å². The maximum Gasteiger partial charge on any atom is 0.238 e. The van der Waals surface area contributed by atoms with E-state index in [1.807, 2.05) is 20.1 Å². The van der Waals surface area contributed by atoms with E-state index in [0.29, 0.717) is 18.0 Å². The smallest absolute Gasteiger partial charge is 0.238 e. The van der Waals surface area contributed by atoms with Crippen LogP contribution in [-0.2, 0) is 25.8 Å². The van der Waals surface area contributed by atoms with Gasteiger partial charge < -0.3 is 0 Å². The maximum absolute atomic E-state index is 11.9. The zero-order valence-electron chi connectivity index (χ0n) is 15.2. The zero-order valence-corrected chi connectivity index (χ0v) is 16.8. The molecule has 0 bridgehead atoms. The quantitative estimate of drug-likeness (QED) is 0.410. The van der Waals surface area contributed by atoms with Gasteiger partial charge in [-0.15, -0.1) is 0 Å². The molecule has 2 heterocycles. The summed E-state index contributed by atoms with van der Waals surface area (Å²) in [5, 5.41) is 0.703. The fourth-order valence-electron chi connectivity index (χ4n) is 2.95. The molecular weight excluding hydrogens is 376 g/mol. The summed E-state index contributed by atoms with van der Waals surface area (Å²) in [7, 11) is -3.01. The molecule has 1 fully saturated rings. The van der Waals surface area contributed by atoms with Crippen molar-refractivity contribution in [2.24, 2.45) is 5.92 Å². The molecule has 1 aliphatic rings. The number of hydrogen-bond donors (Lipinski definition) is 2. The Morgan fingerprint density at radius 3 is 2.31 bits per heavy atom. The second-order valence-electron chi connectivity index (χ2n) is 6.43. The van der Waals surface area contributed by atoms with E-state index in [0.717, 1.165) is 17.0 Å². The lowest BCUT2D eigenvalue weighted by molar-refractivity contribution is -0.129. The van der Waals surface area contributed by atoms with Gasteiger partial charge in [0.25, 0.3) is 0 Å². The van der Waals surface area contributed by atoms with Crippen molar-refractivity contribution in [2.75, 3.05) is 17.8 Å². The molecule has 2 amide bonds. The Kier molecular flexibility index (Phi) is 6.99. The Hall–Kier alpha value is -1.68. The van der Waals surface area contributed by atoms with Crippen LogP contribution in [0, 0.1) is 19.8 Å². The normalized spacial score (nSPS) is 18.5. The Morgan fingerprint density at radius 2 is 1.77 bits per heavy atom. The molecule has 1 atom stereocenters. The van der Waals surface area contributed by atoms with Crippen molar-refractivity contribution in [1.82, 2.24) is 20.8 Å². The minimum Gasteiger partial charge on any atom is -0.273 e. The molecule has 8 nitrogen and oxygen atoms in total. The molecule has 144 valence electrons. The maximum atomic E-state index is 11.9. The van der Waals surface area contributed by atoms with Gasteiger partial charge >= 0.3 is 0 Å². The van der Waals surface area contributed by atoms with Crippen LogP contribution >= 0.6 is 11.8 Å². The molecule has 10 heteroatoms. The van der Waals surface area contributed by atoms with Crippen molar-refractivity contribution >= 4 is 33.4 Å². The Labute approximate surface area is 157 Å². The van der Waals surface area contributed by atoms with E-state index in [1.54, 1.807) is 0 Å². The first-order chi connectivity index (χ1) is 12.2. The van der Waals surface area contributed by atoms with Gasteiger partial charge in [-0.3, -0.25) is 20.4 Å². The van der Waals surface area contributed by atoms with Gasteiger partial charge in [0.1, 0.15) is 0 Å². The zero-order chi connectivity index (χ0) is 19.3. The number of hydrogen-bond acceptors (Lipinski definition) is 7. The summed E-state index contributed by atoms with van der Waals surface area (Å²) in [6.45, 7) is 3.78. The SMILES string of the molecule is CSc1nc(C)c(CCC(=O)NNC(=O)C[C@H]2CCS(=O)(=O)C2)c(C)n1. The predicted octanol–water partition coefficient (Wildman–Crippen LogP) is 0.720. The van der Waals surface area contributed by atoms with Crippen molar-refractivity contribution in [3.63, 3.8) is 0 Å². The highest BCUT2D eigenvalue weighted by Crippen LogP contribution is 2.21. The highest BCUT2D eigenvalue weighted by Gasteiger charge is 2.29. The van der Waals surface area contributed by atoms with Crippen LogP contribution in [0.2, 0.25) is 0 Å². The first kappa shape index (κ1) is 20.6. The van der Waals surface area contributed by atoms with E-state index in [2.05, 4.69) is 20.8 Å². The molecule has 0 saturated carbocycles. The number of carbonyl (C=O) groups excluding carboxylic acids is 2. The molecule has 0 spiro atoms. The second kappa shape index (κ2) is 8.81. The number of rotatable bonds is 6. The van der Waals surface area contributed by atoms with Crippen LogP contribution in [0.25, 0.3) is 0 Å². The van der Waals surface area contributed by atoms with Gasteiger partial charge in [0.2, 0.25) is 11.8 Å². The third-order valence-electron chi connectivity index (χ3n) is 4.33. The number of sulfone groups is 1. The molecule has 2 rings (SSSR count). The molecule has 0 aliphatic carbocycles. The summed E-state index contributed by atoms with van der Waals surface area (Å²) in [6, 6.07) is 0. The summed E-state index contributed by atoms with van der Waals surface area (Å²) >= 11 is 1.47. The van der Waals surface area contributed by atoms with Crippen molar-refractivity contribution < 1.29 is 18.0 Å². The van der Waals surface area contributed by atoms with Crippen LogP contribution in [0.4, 0.5) is 0 Å². The molecule has 1 aromatic rings. The van der Waals surface area contributed by atoms with E-state index < -0.39 is 9.84 Å². The van der Waals surface area contributed by atoms with Crippen molar-refractivity contribution in [1.29, 1.82) is 0 Å². The molecule has 1 aromatic heterocycles. The molecule has 0 aromatic carbocycles.